The molecular formula is C11H20N4O. The maximum atomic E-state index is 11.5. The zero-order valence-corrected chi connectivity index (χ0v) is 9.78. The number of nitrogens with one attached hydrogen (secondary N) is 1. The zero-order chi connectivity index (χ0) is 12.0. The van der Waals surface area contributed by atoms with E-state index in [-0.39, 0.29) is 11.9 Å². The van der Waals surface area contributed by atoms with Crippen molar-refractivity contribution in [3.8, 4) is 6.07 Å². The number of likely N-dealkylation sites (tertiary alicyclic amines) is 1. The van der Waals surface area contributed by atoms with Gasteiger partial charge in [-0.05, 0) is 25.8 Å². The van der Waals surface area contributed by atoms with Crippen LogP contribution < -0.4 is 11.1 Å². The van der Waals surface area contributed by atoms with E-state index < -0.39 is 0 Å². The smallest absolute Gasteiger partial charge is 0.234 e. The summed E-state index contributed by atoms with van der Waals surface area (Å²) in [6, 6.07) is 2.19. The first kappa shape index (κ1) is 12.9. The fourth-order valence-corrected chi connectivity index (χ4v) is 1.95. The Kier molecular flexibility index (Phi) is 5.23. The molecular weight excluding hydrogens is 204 g/mol. The third-order valence-electron chi connectivity index (χ3n) is 2.98. The molecule has 1 amide bonds. The molecule has 0 aromatic heterocycles. The third kappa shape index (κ3) is 4.17. The molecule has 1 rings (SSSR count). The Labute approximate surface area is 96.6 Å². The van der Waals surface area contributed by atoms with Crippen molar-refractivity contribution in [1.29, 1.82) is 5.26 Å². The summed E-state index contributed by atoms with van der Waals surface area (Å²) in [5, 5.41) is 11.1. The van der Waals surface area contributed by atoms with Crippen molar-refractivity contribution < 1.29 is 4.79 Å². The van der Waals surface area contributed by atoms with Crippen molar-refractivity contribution >= 4 is 5.91 Å². The lowest BCUT2D eigenvalue weighted by atomic mass is 10.0. The van der Waals surface area contributed by atoms with Crippen LogP contribution in [-0.2, 0) is 4.79 Å². The first-order chi connectivity index (χ1) is 7.63. The van der Waals surface area contributed by atoms with Crippen molar-refractivity contribution in [2.45, 2.75) is 25.8 Å². The summed E-state index contributed by atoms with van der Waals surface area (Å²) in [5.41, 5.74) is 5.83. The number of rotatable bonds is 5. The predicted octanol–water partition coefficient (Wildman–Crippen LogP) is -0.315. The first-order valence-corrected chi connectivity index (χ1v) is 5.75. The van der Waals surface area contributed by atoms with E-state index in [1.807, 2.05) is 13.0 Å². The van der Waals surface area contributed by atoms with Gasteiger partial charge in [0.25, 0.3) is 0 Å². The van der Waals surface area contributed by atoms with E-state index in [4.69, 9.17) is 11.0 Å². The summed E-state index contributed by atoms with van der Waals surface area (Å²) < 4.78 is 0. The fraction of sp³-hybridized carbons (Fsp3) is 0.818. The Morgan fingerprint density at radius 2 is 2.50 bits per heavy atom. The van der Waals surface area contributed by atoms with E-state index in [0.717, 1.165) is 19.5 Å². The van der Waals surface area contributed by atoms with Crippen LogP contribution in [0.1, 0.15) is 19.8 Å². The Hall–Kier alpha value is -1.12. The number of carbonyl (C=O) groups is 1. The third-order valence-corrected chi connectivity index (χ3v) is 2.98. The molecule has 1 aliphatic rings. The van der Waals surface area contributed by atoms with Gasteiger partial charge in [0.15, 0.2) is 0 Å². The second-order valence-corrected chi connectivity index (χ2v) is 4.40. The molecule has 2 unspecified atom stereocenters. The summed E-state index contributed by atoms with van der Waals surface area (Å²) in [5.74, 6) is 0.507. The van der Waals surface area contributed by atoms with Gasteiger partial charge in [0.05, 0.1) is 19.0 Å². The summed E-state index contributed by atoms with van der Waals surface area (Å²) in [6.45, 7) is 4.73. The highest BCUT2D eigenvalue weighted by Crippen LogP contribution is 2.17. The summed E-state index contributed by atoms with van der Waals surface area (Å²) in [4.78, 5) is 13.6. The molecule has 3 N–H and O–H groups in total. The maximum absolute atomic E-state index is 11.5. The second-order valence-electron chi connectivity index (χ2n) is 4.40. The predicted molar refractivity (Wildman–Crippen MR) is 61.4 cm³/mol. The molecule has 0 aliphatic carbocycles. The summed E-state index contributed by atoms with van der Waals surface area (Å²) in [7, 11) is 0. The van der Waals surface area contributed by atoms with Crippen LogP contribution in [-0.4, -0.2) is 43.0 Å². The zero-order valence-electron chi connectivity index (χ0n) is 9.78. The standard InChI is InChI=1S/C11H20N4O/c1-9(13)10-3-6-15(7-10)8-11(16)14-5-2-4-12/h9-10H,2-3,5-8,13H2,1H3,(H,14,16). The SMILES string of the molecule is CC(N)C1CCN(CC(=O)NCCC#N)C1. The van der Waals surface area contributed by atoms with Gasteiger partial charge in [-0.25, -0.2) is 0 Å². The molecule has 2 atom stereocenters. The molecule has 1 saturated heterocycles. The van der Waals surface area contributed by atoms with Crippen molar-refractivity contribution in [3.05, 3.63) is 0 Å². The van der Waals surface area contributed by atoms with E-state index in [2.05, 4.69) is 10.2 Å². The average Bonchev–Trinajstić information content (AvgIpc) is 2.66. The van der Waals surface area contributed by atoms with Gasteiger partial charge in [-0.15, -0.1) is 0 Å². The van der Waals surface area contributed by atoms with Crippen LogP contribution in [0.4, 0.5) is 0 Å². The normalized spacial score (nSPS) is 22.7. The topological polar surface area (TPSA) is 82.2 Å². The van der Waals surface area contributed by atoms with Crippen molar-refractivity contribution in [3.63, 3.8) is 0 Å². The molecule has 5 heteroatoms. The van der Waals surface area contributed by atoms with Crippen LogP contribution in [0, 0.1) is 17.2 Å². The summed E-state index contributed by atoms with van der Waals surface area (Å²) in [6.07, 6.45) is 1.44. The highest BCUT2D eigenvalue weighted by atomic mass is 16.2. The van der Waals surface area contributed by atoms with E-state index in [0.29, 0.717) is 25.4 Å². The van der Waals surface area contributed by atoms with Crippen LogP contribution in [0.2, 0.25) is 0 Å². The first-order valence-electron chi connectivity index (χ1n) is 5.75. The van der Waals surface area contributed by atoms with Crippen molar-refractivity contribution in [2.24, 2.45) is 11.7 Å². The Morgan fingerprint density at radius 1 is 1.75 bits per heavy atom. The lowest BCUT2D eigenvalue weighted by molar-refractivity contribution is -0.122. The van der Waals surface area contributed by atoms with Crippen LogP contribution in [0.25, 0.3) is 0 Å². The number of hydrogen-bond acceptors (Lipinski definition) is 4. The molecule has 1 fully saturated rings. The van der Waals surface area contributed by atoms with Crippen molar-refractivity contribution in [1.82, 2.24) is 10.2 Å². The van der Waals surface area contributed by atoms with Crippen LogP contribution >= 0.6 is 0 Å². The fourth-order valence-electron chi connectivity index (χ4n) is 1.95. The molecule has 1 aliphatic heterocycles. The molecule has 5 nitrogen and oxygen atoms in total. The minimum atomic E-state index is 0.000532. The lowest BCUT2D eigenvalue weighted by Gasteiger charge is -2.17. The highest BCUT2D eigenvalue weighted by molar-refractivity contribution is 5.78. The molecule has 1 heterocycles. The molecule has 16 heavy (non-hydrogen) atoms. The number of carbonyl (C=O) groups excluding carboxylic acids is 1. The monoisotopic (exact) mass is 224 g/mol. The van der Waals surface area contributed by atoms with Gasteiger partial charge in [0.1, 0.15) is 0 Å². The van der Waals surface area contributed by atoms with Gasteiger partial charge in [0.2, 0.25) is 5.91 Å². The van der Waals surface area contributed by atoms with E-state index in [1.165, 1.54) is 0 Å². The van der Waals surface area contributed by atoms with Gasteiger partial charge < -0.3 is 11.1 Å². The minimum Gasteiger partial charge on any atom is -0.354 e. The van der Waals surface area contributed by atoms with Gasteiger partial charge >= 0.3 is 0 Å². The van der Waals surface area contributed by atoms with Gasteiger partial charge in [-0.2, -0.15) is 5.26 Å². The Morgan fingerprint density at radius 3 is 3.06 bits per heavy atom. The van der Waals surface area contributed by atoms with Crippen molar-refractivity contribution in [2.75, 3.05) is 26.2 Å². The number of nitriles is 1. The quantitative estimate of drug-likeness (QED) is 0.627. The molecule has 0 saturated carbocycles. The van der Waals surface area contributed by atoms with E-state index >= 15 is 0 Å². The molecule has 0 bridgehead atoms. The van der Waals surface area contributed by atoms with Crippen LogP contribution in [0.15, 0.2) is 0 Å². The second kappa shape index (κ2) is 6.46. The minimum absolute atomic E-state index is 0.000532. The number of amides is 1. The highest BCUT2D eigenvalue weighted by Gasteiger charge is 2.26. The number of nitrogens with two attached hydrogens (primary N) is 1. The Bertz CT molecular complexity index is 272. The number of nitrogens with zero attached hydrogens (tertiary/aromatic N) is 2. The van der Waals surface area contributed by atoms with Gasteiger partial charge in [-0.1, -0.05) is 0 Å². The maximum Gasteiger partial charge on any atom is 0.234 e. The van der Waals surface area contributed by atoms with Crippen LogP contribution in [0.3, 0.4) is 0 Å². The molecule has 0 aromatic carbocycles. The average molecular weight is 224 g/mol. The van der Waals surface area contributed by atoms with Gasteiger partial charge in [-0.3, -0.25) is 9.69 Å². The largest absolute Gasteiger partial charge is 0.354 e. The molecule has 0 aromatic rings. The number of hydrogen-bond donors (Lipinski definition) is 2. The lowest BCUT2D eigenvalue weighted by Crippen LogP contribution is -2.37. The molecule has 0 spiro atoms. The molecule has 90 valence electrons. The Balaban J connectivity index is 2.19. The molecule has 0 radical (unpaired) electrons. The van der Waals surface area contributed by atoms with E-state index in [9.17, 15) is 4.79 Å². The summed E-state index contributed by atoms with van der Waals surface area (Å²) >= 11 is 0. The van der Waals surface area contributed by atoms with Gasteiger partial charge in [0, 0.05) is 19.1 Å². The van der Waals surface area contributed by atoms with E-state index in [1.54, 1.807) is 0 Å². The van der Waals surface area contributed by atoms with Crippen LogP contribution in [0.5, 0.6) is 0 Å².